The fourth-order valence-corrected chi connectivity index (χ4v) is 1.44. The maximum Gasteiger partial charge on any atom is 0.129 e. The average Bonchev–Trinajstić information content (AvgIpc) is 2.36. The number of nitrogens with two attached hydrogens (primary N) is 1. The van der Waals surface area contributed by atoms with E-state index in [2.05, 4.69) is 20.8 Å². The number of hydrogen-bond donors (Lipinski definition) is 2. The van der Waals surface area contributed by atoms with Gasteiger partial charge in [-0.15, -0.1) is 0 Å². The fourth-order valence-electron chi connectivity index (χ4n) is 1.44. The molecule has 4 heteroatoms. The van der Waals surface area contributed by atoms with Crippen molar-refractivity contribution in [3.8, 4) is 5.75 Å². The quantitative estimate of drug-likeness (QED) is 0.602. The van der Waals surface area contributed by atoms with Gasteiger partial charge in [-0.3, -0.25) is 5.41 Å². The van der Waals surface area contributed by atoms with E-state index in [-0.39, 0.29) is 11.4 Å². The first kappa shape index (κ1) is 14.5. The Morgan fingerprint density at radius 2 is 2.06 bits per heavy atom. The molecule has 0 amide bonds. The molecule has 4 nitrogen and oxygen atoms in total. The average molecular weight is 250 g/mol. The minimum absolute atomic E-state index is 0.00320. The minimum atomic E-state index is -0.143. The summed E-state index contributed by atoms with van der Waals surface area (Å²) in [4.78, 5) is 0. The first-order valence-electron chi connectivity index (χ1n) is 6.05. The monoisotopic (exact) mass is 250 g/mol. The number of benzene rings is 1. The van der Waals surface area contributed by atoms with Crippen molar-refractivity contribution in [2.45, 2.75) is 39.4 Å². The lowest BCUT2D eigenvalue weighted by atomic mass is 10.1. The van der Waals surface area contributed by atoms with Crippen molar-refractivity contribution in [2.24, 2.45) is 5.73 Å². The third-order valence-corrected chi connectivity index (χ3v) is 3.04. The van der Waals surface area contributed by atoms with Gasteiger partial charge in [0.15, 0.2) is 0 Å². The van der Waals surface area contributed by atoms with Crippen molar-refractivity contribution in [3.63, 3.8) is 0 Å². The number of rotatable bonds is 6. The molecule has 18 heavy (non-hydrogen) atoms. The van der Waals surface area contributed by atoms with E-state index in [1.807, 2.05) is 18.2 Å². The molecule has 0 radical (unpaired) electrons. The molecule has 0 saturated carbocycles. The van der Waals surface area contributed by atoms with Crippen LogP contribution in [0.4, 0.5) is 0 Å². The normalized spacial score (nSPS) is 11.3. The van der Waals surface area contributed by atoms with Crippen LogP contribution in [0.1, 0.15) is 38.3 Å². The Morgan fingerprint density at radius 1 is 1.39 bits per heavy atom. The Hall–Kier alpha value is -1.55. The van der Waals surface area contributed by atoms with Gasteiger partial charge >= 0.3 is 0 Å². The van der Waals surface area contributed by atoms with Crippen molar-refractivity contribution in [1.29, 1.82) is 5.41 Å². The second-order valence-electron chi connectivity index (χ2n) is 4.85. The van der Waals surface area contributed by atoms with Crippen LogP contribution in [-0.4, -0.2) is 18.5 Å². The van der Waals surface area contributed by atoms with Crippen molar-refractivity contribution < 1.29 is 9.47 Å². The van der Waals surface area contributed by atoms with E-state index in [9.17, 15) is 0 Å². The fraction of sp³-hybridized carbons (Fsp3) is 0.500. The third kappa shape index (κ3) is 3.74. The van der Waals surface area contributed by atoms with Crippen LogP contribution in [0.15, 0.2) is 18.2 Å². The van der Waals surface area contributed by atoms with Gasteiger partial charge in [-0.1, -0.05) is 13.0 Å². The molecule has 1 aromatic rings. The molecule has 0 saturated heterocycles. The number of methoxy groups -OCH3 is 1. The Kier molecular flexibility index (Phi) is 4.73. The Labute approximate surface area is 109 Å². The van der Waals surface area contributed by atoms with E-state index in [1.54, 1.807) is 7.11 Å². The van der Waals surface area contributed by atoms with Crippen LogP contribution < -0.4 is 10.5 Å². The molecular formula is C14H22N2O2. The van der Waals surface area contributed by atoms with Gasteiger partial charge in [-0.05, 0) is 38.0 Å². The van der Waals surface area contributed by atoms with E-state index in [1.165, 1.54) is 0 Å². The first-order chi connectivity index (χ1) is 8.39. The summed E-state index contributed by atoms with van der Waals surface area (Å²) in [5.41, 5.74) is 6.98. The van der Waals surface area contributed by atoms with Crippen molar-refractivity contribution >= 4 is 5.84 Å². The largest absolute Gasteiger partial charge is 0.496 e. The molecule has 0 spiro atoms. The van der Waals surface area contributed by atoms with Crippen LogP contribution >= 0.6 is 0 Å². The molecule has 0 aliphatic carbocycles. The van der Waals surface area contributed by atoms with Gasteiger partial charge in [0.2, 0.25) is 0 Å². The van der Waals surface area contributed by atoms with Gasteiger partial charge in [-0.25, -0.2) is 0 Å². The van der Waals surface area contributed by atoms with E-state index in [4.69, 9.17) is 20.6 Å². The van der Waals surface area contributed by atoms with Gasteiger partial charge in [0.25, 0.3) is 0 Å². The Morgan fingerprint density at radius 3 is 2.56 bits per heavy atom. The lowest BCUT2D eigenvalue weighted by molar-refractivity contribution is -0.0316. The predicted octanol–water partition coefficient (Wildman–Crippen LogP) is 2.68. The zero-order valence-corrected chi connectivity index (χ0v) is 11.5. The molecule has 0 aromatic heterocycles. The summed E-state index contributed by atoms with van der Waals surface area (Å²) in [5, 5.41) is 7.52. The zero-order chi connectivity index (χ0) is 13.8. The number of nitrogens with one attached hydrogen (secondary N) is 1. The van der Waals surface area contributed by atoms with Crippen LogP contribution in [0.5, 0.6) is 5.75 Å². The highest BCUT2D eigenvalue weighted by molar-refractivity contribution is 5.97. The molecule has 0 bridgehead atoms. The van der Waals surface area contributed by atoms with Crippen LogP contribution in [0.25, 0.3) is 0 Å². The lowest BCUT2D eigenvalue weighted by Crippen LogP contribution is -2.22. The molecule has 1 rings (SSSR count). The molecule has 0 aliphatic heterocycles. The van der Waals surface area contributed by atoms with Gasteiger partial charge in [0.05, 0.1) is 24.9 Å². The first-order valence-corrected chi connectivity index (χ1v) is 6.05. The number of amidine groups is 1. The molecule has 1 aromatic carbocycles. The van der Waals surface area contributed by atoms with E-state index < -0.39 is 0 Å². The zero-order valence-electron chi connectivity index (χ0n) is 11.5. The second-order valence-corrected chi connectivity index (χ2v) is 4.85. The van der Waals surface area contributed by atoms with E-state index >= 15 is 0 Å². The van der Waals surface area contributed by atoms with Crippen LogP contribution in [-0.2, 0) is 11.3 Å². The molecule has 0 fully saturated rings. The summed E-state index contributed by atoms with van der Waals surface area (Å²) < 4.78 is 11.0. The molecule has 0 aliphatic rings. The van der Waals surface area contributed by atoms with Gasteiger partial charge in [0.1, 0.15) is 11.6 Å². The van der Waals surface area contributed by atoms with Crippen molar-refractivity contribution in [2.75, 3.05) is 7.11 Å². The van der Waals surface area contributed by atoms with Gasteiger partial charge < -0.3 is 15.2 Å². The van der Waals surface area contributed by atoms with E-state index in [0.717, 1.165) is 12.0 Å². The highest BCUT2D eigenvalue weighted by atomic mass is 16.5. The number of hydrogen-bond acceptors (Lipinski definition) is 3. The van der Waals surface area contributed by atoms with Crippen molar-refractivity contribution in [3.05, 3.63) is 29.3 Å². The smallest absolute Gasteiger partial charge is 0.129 e. The maximum atomic E-state index is 7.52. The predicted molar refractivity (Wildman–Crippen MR) is 73.2 cm³/mol. The van der Waals surface area contributed by atoms with Gasteiger partial charge in [0, 0.05) is 0 Å². The Bertz CT molecular complexity index is 428. The third-order valence-electron chi connectivity index (χ3n) is 3.04. The summed E-state index contributed by atoms with van der Waals surface area (Å²) in [7, 11) is 1.57. The lowest BCUT2D eigenvalue weighted by Gasteiger charge is -2.23. The standard InChI is InChI=1S/C14H22N2O2/c1-5-14(2,3)18-9-10-6-7-12(17-4)11(8-10)13(15)16/h6-8H,5,9H2,1-4H3,(H3,15,16). The highest BCUT2D eigenvalue weighted by Crippen LogP contribution is 2.22. The Balaban J connectivity index is 2.86. The molecule has 0 atom stereocenters. The summed E-state index contributed by atoms with van der Waals surface area (Å²) in [6.45, 7) is 6.71. The summed E-state index contributed by atoms with van der Waals surface area (Å²) >= 11 is 0. The highest BCUT2D eigenvalue weighted by Gasteiger charge is 2.16. The maximum absolute atomic E-state index is 7.52. The molecular weight excluding hydrogens is 228 g/mol. The molecule has 0 heterocycles. The van der Waals surface area contributed by atoms with Crippen LogP contribution in [0, 0.1) is 5.41 Å². The van der Waals surface area contributed by atoms with Gasteiger partial charge in [-0.2, -0.15) is 0 Å². The summed E-state index contributed by atoms with van der Waals surface area (Å²) in [6, 6.07) is 5.58. The number of ether oxygens (including phenoxy) is 2. The SMILES string of the molecule is CCC(C)(C)OCc1ccc(OC)c(C(=N)N)c1. The minimum Gasteiger partial charge on any atom is -0.496 e. The summed E-state index contributed by atoms with van der Waals surface area (Å²) in [6.07, 6.45) is 0.947. The second kappa shape index (κ2) is 5.87. The van der Waals surface area contributed by atoms with Crippen LogP contribution in [0.2, 0.25) is 0 Å². The summed E-state index contributed by atoms with van der Waals surface area (Å²) in [5.74, 6) is 0.615. The number of nitrogen functional groups attached to an aromatic ring is 1. The molecule has 3 N–H and O–H groups in total. The molecule has 0 unspecified atom stereocenters. The topological polar surface area (TPSA) is 68.3 Å². The van der Waals surface area contributed by atoms with Crippen molar-refractivity contribution in [1.82, 2.24) is 0 Å². The van der Waals surface area contributed by atoms with Crippen LogP contribution in [0.3, 0.4) is 0 Å². The van der Waals surface area contributed by atoms with E-state index in [0.29, 0.717) is 17.9 Å². The molecule has 100 valence electrons.